The van der Waals surface area contributed by atoms with Gasteiger partial charge in [0.1, 0.15) is 11.5 Å². The van der Waals surface area contributed by atoms with Crippen LogP contribution in [0.25, 0.3) is 22.0 Å². The van der Waals surface area contributed by atoms with Gasteiger partial charge in [-0.25, -0.2) is 14.1 Å². The molecule has 0 fully saturated rings. The first-order chi connectivity index (χ1) is 16.8. The molecule has 2 N–H and O–H groups in total. The Bertz CT molecular complexity index is 1410. The molecule has 0 saturated heterocycles. The van der Waals surface area contributed by atoms with Crippen molar-refractivity contribution < 1.29 is 28.2 Å². The topological polar surface area (TPSA) is 104 Å². The summed E-state index contributed by atoms with van der Waals surface area (Å²) in [4.78, 5) is 27.8. The van der Waals surface area contributed by atoms with Gasteiger partial charge in [-0.3, -0.25) is 9.78 Å². The maximum absolute atomic E-state index is 14.5. The van der Waals surface area contributed by atoms with Crippen LogP contribution in [-0.4, -0.2) is 31.1 Å². The lowest BCUT2D eigenvalue weighted by Crippen LogP contribution is -2.39. The molecule has 35 heavy (non-hydrogen) atoms. The minimum absolute atomic E-state index is 0.154. The number of hydrogen-bond donors (Lipinski definition) is 1. The summed E-state index contributed by atoms with van der Waals surface area (Å²) in [7, 11) is 3.03. The van der Waals surface area contributed by atoms with Crippen molar-refractivity contribution in [3.05, 3.63) is 72.7 Å². The number of anilines is 1. The van der Waals surface area contributed by atoms with E-state index in [9.17, 15) is 14.0 Å². The van der Waals surface area contributed by atoms with Crippen LogP contribution in [-0.2, 0) is 4.79 Å². The summed E-state index contributed by atoms with van der Waals surface area (Å²) in [6.45, 7) is 1.11. The standard InChI is InChI=1S/C20H18FN3O5.C6H4/c1-11(25)24(20(22)26)16-5-4-12(8-14(16)21)29-17-6-7-23-15-10-19(28-3)18(27-2)9-13(15)17;1-2-5-4-6(5)3-1/h4-10H,1-3H3,(H2,22,26);1-4H. The van der Waals surface area contributed by atoms with Gasteiger partial charge in [-0.2, -0.15) is 0 Å². The molecule has 2 aromatic carbocycles. The van der Waals surface area contributed by atoms with Crippen LogP contribution >= 0.6 is 0 Å². The van der Waals surface area contributed by atoms with Crippen LogP contribution in [0.15, 0.2) is 66.9 Å². The Hall–Kier alpha value is -4.66. The number of benzene rings is 3. The number of ether oxygens (including phenoxy) is 3. The average Bonchev–Trinajstić information content (AvgIpc) is 3.44. The number of nitrogens with two attached hydrogens (primary N) is 1. The molecule has 0 aliphatic heterocycles. The molecular weight excluding hydrogens is 453 g/mol. The molecule has 3 amide bonds. The minimum atomic E-state index is -1.08. The molecule has 0 saturated carbocycles. The molecule has 3 aromatic rings. The monoisotopic (exact) mass is 475 g/mol. The zero-order chi connectivity index (χ0) is 25.1. The number of amides is 3. The number of urea groups is 1. The third-order valence-corrected chi connectivity index (χ3v) is 5.24. The highest BCUT2D eigenvalue weighted by Crippen LogP contribution is 2.37. The van der Waals surface area contributed by atoms with E-state index in [0.29, 0.717) is 33.1 Å². The third kappa shape index (κ3) is 4.98. The zero-order valence-corrected chi connectivity index (χ0v) is 19.2. The van der Waals surface area contributed by atoms with E-state index >= 15 is 0 Å². The van der Waals surface area contributed by atoms with Crippen molar-refractivity contribution >= 4 is 28.5 Å². The van der Waals surface area contributed by atoms with E-state index in [1.54, 1.807) is 24.4 Å². The van der Waals surface area contributed by atoms with Crippen LogP contribution in [0.2, 0.25) is 0 Å². The van der Waals surface area contributed by atoms with Gasteiger partial charge in [-0.15, -0.1) is 0 Å². The quantitative estimate of drug-likeness (QED) is 0.371. The molecular formula is C26H22FN3O5. The number of hydrogen-bond acceptors (Lipinski definition) is 6. The van der Waals surface area contributed by atoms with Crippen molar-refractivity contribution in [1.82, 2.24) is 4.98 Å². The first-order valence-electron chi connectivity index (χ1n) is 10.5. The fourth-order valence-corrected chi connectivity index (χ4v) is 3.51. The largest absolute Gasteiger partial charge is 0.493 e. The van der Waals surface area contributed by atoms with Gasteiger partial charge in [-0.1, -0.05) is 18.2 Å². The molecule has 178 valence electrons. The minimum Gasteiger partial charge on any atom is -0.493 e. The van der Waals surface area contributed by atoms with E-state index in [4.69, 9.17) is 19.9 Å². The molecule has 1 aromatic heterocycles. The molecule has 2 aliphatic rings. The Morgan fingerprint density at radius 2 is 1.60 bits per heavy atom. The van der Waals surface area contributed by atoms with Gasteiger partial charge in [-0.05, 0) is 41.5 Å². The van der Waals surface area contributed by atoms with Crippen molar-refractivity contribution in [2.24, 2.45) is 5.73 Å². The van der Waals surface area contributed by atoms with Gasteiger partial charge < -0.3 is 19.9 Å². The molecule has 0 spiro atoms. The Labute approximate surface area is 200 Å². The van der Waals surface area contributed by atoms with Crippen molar-refractivity contribution in [3.8, 4) is 34.1 Å². The van der Waals surface area contributed by atoms with Crippen LogP contribution in [0.5, 0.6) is 23.0 Å². The summed E-state index contributed by atoms with van der Waals surface area (Å²) in [5.41, 5.74) is 8.34. The van der Waals surface area contributed by atoms with Crippen molar-refractivity contribution in [3.63, 3.8) is 0 Å². The van der Waals surface area contributed by atoms with Gasteiger partial charge in [0.2, 0.25) is 5.91 Å². The lowest BCUT2D eigenvalue weighted by molar-refractivity contribution is -0.115. The summed E-state index contributed by atoms with van der Waals surface area (Å²) < 4.78 is 30.9. The highest BCUT2D eigenvalue weighted by molar-refractivity contribution is 6.12. The second-order valence-electron chi connectivity index (χ2n) is 7.52. The summed E-state index contributed by atoms with van der Waals surface area (Å²) in [5, 5.41) is 0.622. The number of aromatic nitrogens is 1. The molecule has 0 unspecified atom stereocenters. The van der Waals surface area contributed by atoms with Crippen LogP contribution in [0, 0.1) is 5.82 Å². The van der Waals surface area contributed by atoms with E-state index < -0.39 is 17.8 Å². The van der Waals surface area contributed by atoms with Crippen molar-refractivity contribution in [2.45, 2.75) is 6.92 Å². The molecule has 5 rings (SSSR count). The predicted octanol–water partition coefficient (Wildman–Crippen LogP) is 5.28. The number of fused-ring (bicyclic) bond motifs is 2. The fraction of sp³-hybridized carbons (Fsp3) is 0.115. The molecule has 2 aliphatic carbocycles. The maximum Gasteiger partial charge on any atom is 0.326 e. The fourth-order valence-electron chi connectivity index (χ4n) is 3.51. The van der Waals surface area contributed by atoms with E-state index in [-0.39, 0.29) is 11.4 Å². The lowest BCUT2D eigenvalue weighted by atomic mass is 10.1. The highest BCUT2D eigenvalue weighted by Gasteiger charge is 2.21. The highest BCUT2D eigenvalue weighted by atomic mass is 19.1. The second kappa shape index (κ2) is 9.68. The Morgan fingerprint density at radius 3 is 2.11 bits per heavy atom. The summed E-state index contributed by atoms with van der Waals surface area (Å²) >= 11 is 0. The molecule has 0 bridgehead atoms. The number of methoxy groups -OCH3 is 2. The van der Waals surface area contributed by atoms with E-state index in [2.05, 4.69) is 29.2 Å². The Morgan fingerprint density at radius 1 is 0.914 bits per heavy atom. The van der Waals surface area contributed by atoms with Gasteiger partial charge in [0, 0.05) is 30.6 Å². The smallest absolute Gasteiger partial charge is 0.326 e. The zero-order valence-electron chi connectivity index (χ0n) is 19.2. The molecule has 8 nitrogen and oxygen atoms in total. The number of carbonyl (C=O) groups excluding carboxylic acids is 2. The maximum atomic E-state index is 14.5. The summed E-state index contributed by atoms with van der Waals surface area (Å²) in [6.07, 6.45) is 1.54. The number of nitrogens with zero attached hydrogens (tertiary/aromatic N) is 2. The normalized spacial score (nSPS) is 10.6. The number of imide groups is 1. The third-order valence-electron chi connectivity index (χ3n) is 5.24. The van der Waals surface area contributed by atoms with E-state index in [1.165, 1.54) is 37.5 Å². The van der Waals surface area contributed by atoms with Gasteiger partial charge in [0.25, 0.3) is 0 Å². The summed E-state index contributed by atoms with van der Waals surface area (Å²) in [5.74, 6) is 0.0112. The van der Waals surface area contributed by atoms with Gasteiger partial charge in [0.15, 0.2) is 17.3 Å². The number of pyridine rings is 1. The first kappa shape index (κ1) is 23.5. The number of rotatable bonds is 5. The predicted molar refractivity (Wildman–Crippen MR) is 130 cm³/mol. The molecule has 9 heteroatoms. The Balaban J connectivity index is 0.000000411. The second-order valence-corrected chi connectivity index (χ2v) is 7.52. The van der Waals surface area contributed by atoms with Crippen LogP contribution in [0.1, 0.15) is 6.92 Å². The van der Waals surface area contributed by atoms with E-state index in [0.717, 1.165) is 13.0 Å². The molecule has 0 atom stereocenters. The van der Waals surface area contributed by atoms with Crippen molar-refractivity contribution in [1.29, 1.82) is 0 Å². The van der Waals surface area contributed by atoms with Crippen LogP contribution in [0.4, 0.5) is 14.9 Å². The molecule has 0 radical (unpaired) electrons. The van der Waals surface area contributed by atoms with Gasteiger partial charge >= 0.3 is 6.03 Å². The van der Waals surface area contributed by atoms with Crippen LogP contribution in [0.3, 0.4) is 0 Å². The Kier molecular flexibility index (Phi) is 6.50. The molecule has 1 heterocycles. The number of carbonyl (C=O) groups is 2. The number of primary amides is 1. The number of halogens is 1. The first-order valence-corrected chi connectivity index (χ1v) is 10.5. The SMILES string of the molecule is COc1cc2nccc(Oc3ccc(N(C(C)=O)C(N)=O)c(F)c3)c2cc1OC.c1cc2cc-2c1. The van der Waals surface area contributed by atoms with Crippen LogP contribution < -0.4 is 24.8 Å². The van der Waals surface area contributed by atoms with Gasteiger partial charge in [0.05, 0.1) is 25.4 Å². The average molecular weight is 475 g/mol. The van der Waals surface area contributed by atoms with Crippen molar-refractivity contribution in [2.75, 3.05) is 19.1 Å². The lowest BCUT2D eigenvalue weighted by Gasteiger charge is -2.18. The summed E-state index contributed by atoms with van der Waals surface area (Å²) in [6, 6.07) is 16.1. The van der Waals surface area contributed by atoms with E-state index in [1.807, 2.05) is 0 Å².